The molecule has 0 spiro atoms. The zero-order chi connectivity index (χ0) is 16.1. The number of hydrogen-bond acceptors (Lipinski definition) is 1. The summed E-state index contributed by atoms with van der Waals surface area (Å²) < 4.78 is 0. The van der Waals surface area contributed by atoms with Crippen LogP contribution in [0.3, 0.4) is 0 Å². The van der Waals surface area contributed by atoms with E-state index in [9.17, 15) is 0 Å². The first-order chi connectivity index (χ1) is 10.9. The molecule has 0 aromatic heterocycles. The average molecular weight is 344 g/mol. The first kappa shape index (κ1) is 25.0. The van der Waals surface area contributed by atoms with Crippen LogP contribution >= 0.6 is 12.4 Å². The molecule has 0 rings (SSSR count). The van der Waals surface area contributed by atoms with E-state index in [1.54, 1.807) is 0 Å². The van der Waals surface area contributed by atoms with Gasteiger partial charge in [0.15, 0.2) is 0 Å². The molecule has 0 aromatic rings. The topological polar surface area (TPSA) is 26.0 Å². The van der Waals surface area contributed by atoms with E-state index >= 15 is 0 Å². The maximum Gasteiger partial charge on any atom is -0.00773 e. The number of allylic oxidation sites excluding steroid dienone is 3. The van der Waals surface area contributed by atoms with Crippen LogP contribution in [0.1, 0.15) is 103 Å². The Balaban J connectivity index is 0. The molecule has 0 aliphatic heterocycles. The van der Waals surface area contributed by atoms with Crippen molar-refractivity contribution in [1.29, 1.82) is 0 Å². The Hall–Kier alpha value is -0.270. The number of unbranched alkanes of at least 4 members (excludes halogenated alkanes) is 14. The molecule has 2 heteroatoms. The van der Waals surface area contributed by atoms with Gasteiger partial charge in [0.25, 0.3) is 0 Å². The minimum Gasteiger partial charge on any atom is -0.330 e. The van der Waals surface area contributed by atoms with Gasteiger partial charge in [-0.05, 0) is 51.5 Å². The summed E-state index contributed by atoms with van der Waals surface area (Å²) in [5.41, 5.74) is 5.49. The lowest BCUT2D eigenvalue weighted by Crippen LogP contribution is -1.97. The largest absolute Gasteiger partial charge is 0.330 e. The Labute approximate surface area is 152 Å². The molecule has 0 atom stereocenters. The van der Waals surface area contributed by atoms with Crippen LogP contribution in [-0.4, -0.2) is 6.54 Å². The van der Waals surface area contributed by atoms with Crippen LogP contribution in [-0.2, 0) is 0 Å². The summed E-state index contributed by atoms with van der Waals surface area (Å²) in [4.78, 5) is 0. The second-order valence-electron chi connectivity index (χ2n) is 6.51. The first-order valence-electron chi connectivity index (χ1n) is 9.87. The highest BCUT2D eigenvalue weighted by atomic mass is 35.5. The average Bonchev–Trinajstić information content (AvgIpc) is 2.54. The molecule has 0 fully saturated rings. The quantitative estimate of drug-likeness (QED) is 0.204. The van der Waals surface area contributed by atoms with Crippen LogP contribution in [0.5, 0.6) is 0 Å². The van der Waals surface area contributed by atoms with Gasteiger partial charge < -0.3 is 5.73 Å². The monoisotopic (exact) mass is 343 g/mol. The molecule has 0 aliphatic rings. The molecule has 0 amide bonds. The van der Waals surface area contributed by atoms with Crippen molar-refractivity contribution in [3.8, 4) is 0 Å². The van der Waals surface area contributed by atoms with E-state index in [0.29, 0.717) is 0 Å². The van der Waals surface area contributed by atoms with Gasteiger partial charge in [0.05, 0.1) is 0 Å². The molecule has 23 heavy (non-hydrogen) atoms. The molecular weight excluding hydrogens is 302 g/mol. The summed E-state index contributed by atoms with van der Waals surface area (Å²) in [5.74, 6) is 0. The van der Waals surface area contributed by atoms with E-state index in [4.69, 9.17) is 5.73 Å². The van der Waals surface area contributed by atoms with Crippen molar-refractivity contribution in [2.45, 2.75) is 103 Å². The van der Waals surface area contributed by atoms with E-state index in [-0.39, 0.29) is 12.4 Å². The zero-order valence-corrected chi connectivity index (χ0v) is 16.3. The summed E-state index contributed by atoms with van der Waals surface area (Å²) in [5, 5.41) is 0. The van der Waals surface area contributed by atoms with Crippen LogP contribution < -0.4 is 5.73 Å². The van der Waals surface area contributed by atoms with Crippen molar-refractivity contribution in [3.63, 3.8) is 0 Å². The lowest BCUT2D eigenvalue weighted by molar-refractivity contribution is 0.583. The standard InChI is InChI=1S/C21H41N.ClH/c1-2-3-4-5-6-7-8-9-10-11-12-13-14-15-16-17-18-19-20-21-22;/h2,12-13H,1,3-11,14-22H2;1H/b13-12-;. The Bertz CT molecular complexity index is 238. The molecule has 0 aliphatic carbocycles. The van der Waals surface area contributed by atoms with Gasteiger partial charge in [-0.1, -0.05) is 76.0 Å². The molecule has 138 valence electrons. The van der Waals surface area contributed by atoms with E-state index in [1.807, 2.05) is 6.08 Å². The predicted octanol–water partition coefficient (Wildman–Crippen LogP) is 7.35. The van der Waals surface area contributed by atoms with Crippen molar-refractivity contribution in [2.24, 2.45) is 5.73 Å². The fraction of sp³-hybridized carbons (Fsp3) is 0.810. The van der Waals surface area contributed by atoms with Crippen molar-refractivity contribution < 1.29 is 0 Å². The molecule has 0 saturated carbocycles. The van der Waals surface area contributed by atoms with Crippen LogP contribution in [0.4, 0.5) is 0 Å². The Morgan fingerprint density at radius 2 is 0.870 bits per heavy atom. The molecule has 0 bridgehead atoms. The summed E-state index contributed by atoms with van der Waals surface area (Å²) in [7, 11) is 0. The third kappa shape index (κ3) is 24.1. The minimum absolute atomic E-state index is 0. The lowest BCUT2D eigenvalue weighted by Gasteiger charge is -2.00. The van der Waals surface area contributed by atoms with Gasteiger partial charge in [-0.15, -0.1) is 19.0 Å². The first-order valence-corrected chi connectivity index (χ1v) is 9.87. The van der Waals surface area contributed by atoms with Gasteiger partial charge in [-0.3, -0.25) is 0 Å². The van der Waals surface area contributed by atoms with Crippen molar-refractivity contribution in [1.82, 2.24) is 0 Å². The Morgan fingerprint density at radius 1 is 0.522 bits per heavy atom. The Kier molecular flexibility index (Phi) is 26.0. The van der Waals surface area contributed by atoms with E-state index in [1.165, 1.54) is 103 Å². The number of rotatable bonds is 18. The van der Waals surface area contributed by atoms with Crippen LogP contribution in [0, 0.1) is 0 Å². The fourth-order valence-corrected chi connectivity index (χ4v) is 2.78. The third-order valence-corrected chi connectivity index (χ3v) is 4.27. The molecular formula is C21H42ClN. The van der Waals surface area contributed by atoms with Gasteiger partial charge in [0.1, 0.15) is 0 Å². The SMILES string of the molecule is C=CCCCCCCCCC/C=C\CCCCCCCCN.Cl. The van der Waals surface area contributed by atoms with Gasteiger partial charge in [0, 0.05) is 0 Å². The summed E-state index contributed by atoms with van der Waals surface area (Å²) in [6, 6.07) is 0. The number of nitrogens with two attached hydrogens (primary N) is 1. The van der Waals surface area contributed by atoms with Gasteiger partial charge >= 0.3 is 0 Å². The van der Waals surface area contributed by atoms with Crippen LogP contribution in [0.2, 0.25) is 0 Å². The normalized spacial score (nSPS) is 10.8. The van der Waals surface area contributed by atoms with Crippen molar-refractivity contribution >= 4 is 12.4 Å². The highest BCUT2D eigenvalue weighted by Gasteiger charge is 1.91. The highest BCUT2D eigenvalue weighted by Crippen LogP contribution is 2.11. The van der Waals surface area contributed by atoms with Gasteiger partial charge in [-0.25, -0.2) is 0 Å². The number of halogens is 1. The summed E-state index contributed by atoms with van der Waals surface area (Å²) in [6.45, 7) is 4.62. The molecule has 1 nitrogen and oxygen atoms in total. The van der Waals surface area contributed by atoms with Gasteiger partial charge in [0.2, 0.25) is 0 Å². The zero-order valence-electron chi connectivity index (χ0n) is 15.4. The van der Waals surface area contributed by atoms with Crippen molar-refractivity contribution in [3.05, 3.63) is 24.8 Å². The van der Waals surface area contributed by atoms with Crippen LogP contribution in [0.25, 0.3) is 0 Å². The van der Waals surface area contributed by atoms with E-state index < -0.39 is 0 Å². The highest BCUT2D eigenvalue weighted by molar-refractivity contribution is 5.85. The second-order valence-corrected chi connectivity index (χ2v) is 6.51. The predicted molar refractivity (Wildman–Crippen MR) is 110 cm³/mol. The van der Waals surface area contributed by atoms with Crippen molar-refractivity contribution in [2.75, 3.05) is 6.54 Å². The molecule has 2 N–H and O–H groups in total. The van der Waals surface area contributed by atoms with Crippen LogP contribution in [0.15, 0.2) is 24.8 Å². The fourth-order valence-electron chi connectivity index (χ4n) is 2.78. The third-order valence-electron chi connectivity index (χ3n) is 4.27. The van der Waals surface area contributed by atoms with E-state index in [2.05, 4.69) is 18.7 Å². The smallest absolute Gasteiger partial charge is 0.00773 e. The molecule has 0 unspecified atom stereocenters. The molecule has 0 saturated heterocycles. The second kappa shape index (κ2) is 24.0. The van der Waals surface area contributed by atoms with Gasteiger partial charge in [-0.2, -0.15) is 0 Å². The molecule has 0 aromatic carbocycles. The maximum atomic E-state index is 5.49. The minimum atomic E-state index is 0. The van der Waals surface area contributed by atoms with E-state index in [0.717, 1.165) is 6.54 Å². The number of hydrogen-bond donors (Lipinski definition) is 1. The molecule has 0 heterocycles. The summed E-state index contributed by atoms with van der Waals surface area (Å²) >= 11 is 0. The lowest BCUT2D eigenvalue weighted by atomic mass is 10.1. The Morgan fingerprint density at radius 3 is 1.26 bits per heavy atom. The molecule has 0 radical (unpaired) electrons. The maximum absolute atomic E-state index is 5.49. The summed E-state index contributed by atoms with van der Waals surface area (Å²) in [6.07, 6.45) is 28.4.